The first kappa shape index (κ1) is 15.1. The predicted molar refractivity (Wildman–Crippen MR) is 88.0 cm³/mol. The van der Waals surface area contributed by atoms with Crippen LogP contribution in [0.2, 0.25) is 0 Å². The van der Waals surface area contributed by atoms with Crippen molar-refractivity contribution in [2.45, 2.75) is 45.2 Å². The molecular formula is C18H24N2O2. The highest BCUT2D eigenvalue weighted by molar-refractivity contribution is 5.90. The molecule has 1 aromatic carbocycles. The summed E-state index contributed by atoms with van der Waals surface area (Å²) in [5.74, 6) is -0.167. The number of rotatable bonds is 1. The van der Waals surface area contributed by atoms with Crippen molar-refractivity contribution in [3.05, 3.63) is 35.0 Å². The van der Waals surface area contributed by atoms with Gasteiger partial charge in [-0.15, -0.1) is 0 Å². The molecule has 1 N–H and O–H groups in total. The van der Waals surface area contributed by atoms with E-state index in [9.17, 15) is 4.79 Å². The number of nitrogens with zero attached hydrogens (tertiary/aromatic N) is 1. The number of fused-ring (bicyclic) bond motifs is 3. The van der Waals surface area contributed by atoms with Gasteiger partial charge >= 0.3 is 5.97 Å². The molecule has 0 amide bonds. The van der Waals surface area contributed by atoms with Crippen LogP contribution in [0.3, 0.4) is 0 Å². The van der Waals surface area contributed by atoms with Gasteiger partial charge in [0.1, 0.15) is 5.54 Å². The Labute approximate surface area is 131 Å². The summed E-state index contributed by atoms with van der Waals surface area (Å²) in [4.78, 5) is 12.4. The van der Waals surface area contributed by atoms with Crippen LogP contribution in [0.4, 0.5) is 0 Å². The van der Waals surface area contributed by atoms with E-state index < -0.39 is 5.54 Å². The Morgan fingerprint density at radius 2 is 2.05 bits per heavy atom. The predicted octanol–water partition coefficient (Wildman–Crippen LogP) is 3.19. The van der Waals surface area contributed by atoms with Gasteiger partial charge in [-0.3, -0.25) is 10.1 Å². The van der Waals surface area contributed by atoms with Crippen LogP contribution in [-0.4, -0.2) is 23.2 Å². The average Bonchev–Trinajstić information content (AvgIpc) is 2.77. The number of aryl methyl sites for hydroxylation is 2. The van der Waals surface area contributed by atoms with Crippen LogP contribution < -0.4 is 5.32 Å². The average molecular weight is 300 g/mol. The minimum absolute atomic E-state index is 0.0394. The van der Waals surface area contributed by atoms with E-state index >= 15 is 0 Å². The van der Waals surface area contributed by atoms with Gasteiger partial charge in [0.25, 0.3) is 0 Å². The van der Waals surface area contributed by atoms with Crippen LogP contribution in [-0.2, 0) is 16.6 Å². The Morgan fingerprint density at radius 3 is 2.68 bits per heavy atom. The maximum Gasteiger partial charge on any atom is 0.326 e. The molecule has 22 heavy (non-hydrogen) atoms. The van der Waals surface area contributed by atoms with Gasteiger partial charge in [-0.05, 0) is 38.0 Å². The zero-order valence-corrected chi connectivity index (χ0v) is 14.2. The van der Waals surface area contributed by atoms with Gasteiger partial charge in [0, 0.05) is 35.6 Å². The van der Waals surface area contributed by atoms with Crippen molar-refractivity contribution in [2.75, 3.05) is 7.11 Å². The van der Waals surface area contributed by atoms with Crippen LogP contribution in [0, 0.1) is 6.92 Å². The molecule has 4 heteroatoms. The Morgan fingerprint density at radius 1 is 1.36 bits per heavy atom. The third-order valence-corrected chi connectivity index (χ3v) is 5.28. The molecular weight excluding hydrogens is 276 g/mol. The summed E-state index contributed by atoms with van der Waals surface area (Å²) in [6, 6.07) is 6.61. The van der Waals surface area contributed by atoms with Gasteiger partial charge in [0.05, 0.1) is 7.11 Å². The molecule has 3 rings (SSSR count). The van der Waals surface area contributed by atoms with Crippen LogP contribution in [0.25, 0.3) is 10.9 Å². The largest absolute Gasteiger partial charge is 0.468 e. The number of aromatic nitrogens is 1. The molecule has 0 radical (unpaired) electrons. The van der Waals surface area contributed by atoms with E-state index in [1.807, 2.05) is 6.92 Å². The molecule has 1 aliphatic rings. The monoisotopic (exact) mass is 300 g/mol. The van der Waals surface area contributed by atoms with Crippen LogP contribution >= 0.6 is 0 Å². The minimum Gasteiger partial charge on any atom is -0.468 e. The number of hydrogen-bond donors (Lipinski definition) is 1. The molecule has 0 saturated heterocycles. The molecule has 1 aliphatic heterocycles. The number of ether oxygens (including phenoxy) is 1. The molecule has 2 aromatic rings. The van der Waals surface area contributed by atoms with Crippen molar-refractivity contribution in [3.8, 4) is 0 Å². The third kappa shape index (κ3) is 1.83. The highest BCUT2D eigenvalue weighted by Crippen LogP contribution is 2.44. The number of carbonyl (C=O) groups excluding carboxylic acids is 1. The summed E-state index contributed by atoms with van der Waals surface area (Å²) in [6.45, 7) is 8.26. The third-order valence-electron chi connectivity index (χ3n) is 5.28. The summed E-state index contributed by atoms with van der Waals surface area (Å²) >= 11 is 0. The van der Waals surface area contributed by atoms with Gasteiger partial charge in [0.2, 0.25) is 0 Å². The summed E-state index contributed by atoms with van der Waals surface area (Å²) in [5, 5.41) is 4.71. The Balaban J connectivity index is 2.30. The number of nitrogens with one attached hydrogen (secondary N) is 1. The molecule has 0 saturated carbocycles. The molecule has 2 heterocycles. The van der Waals surface area contributed by atoms with E-state index in [2.05, 4.69) is 55.9 Å². The first-order valence-corrected chi connectivity index (χ1v) is 7.76. The molecule has 3 unspecified atom stereocenters. The smallest absolute Gasteiger partial charge is 0.326 e. The van der Waals surface area contributed by atoms with E-state index in [1.54, 1.807) is 0 Å². The number of carbonyl (C=O) groups is 1. The van der Waals surface area contributed by atoms with Gasteiger partial charge in [-0.2, -0.15) is 0 Å². The number of hydrogen-bond acceptors (Lipinski definition) is 3. The lowest BCUT2D eigenvalue weighted by molar-refractivity contribution is -0.149. The highest BCUT2D eigenvalue weighted by atomic mass is 16.5. The SMILES string of the molecule is COC(=O)C1(C)NC(C)c2c(c3ccc(C)cc3n2C)C1C. The highest BCUT2D eigenvalue weighted by Gasteiger charge is 2.48. The van der Waals surface area contributed by atoms with Crippen LogP contribution in [0.1, 0.15) is 49.6 Å². The quantitative estimate of drug-likeness (QED) is 0.823. The van der Waals surface area contributed by atoms with Crippen molar-refractivity contribution in [2.24, 2.45) is 7.05 Å². The lowest BCUT2D eigenvalue weighted by Crippen LogP contribution is -2.57. The van der Waals surface area contributed by atoms with Gasteiger partial charge < -0.3 is 9.30 Å². The van der Waals surface area contributed by atoms with E-state index in [1.165, 1.54) is 34.8 Å². The lowest BCUT2D eigenvalue weighted by atomic mass is 9.76. The van der Waals surface area contributed by atoms with Crippen molar-refractivity contribution >= 4 is 16.9 Å². The standard InChI is InChI=1S/C18H24N2O2/c1-10-7-8-13-14(9-10)20(5)16-12(3)19-18(4,17(21)22-6)11(2)15(13)16/h7-9,11-12,19H,1-6H3. The summed E-state index contributed by atoms with van der Waals surface area (Å²) in [7, 11) is 3.56. The maximum absolute atomic E-state index is 12.4. The Hall–Kier alpha value is -1.81. The second-order valence-corrected chi connectivity index (χ2v) is 6.66. The maximum atomic E-state index is 12.4. The number of esters is 1. The first-order chi connectivity index (χ1) is 10.3. The molecule has 0 spiro atoms. The van der Waals surface area contributed by atoms with E-state index in [-0.39, 0.29) is 17.9 Å². The Kier molecular flexibility index (Phi) is 3.33. The van der Waals surface area contributed by atoms with Crippen LogP contribution in [0.5, 0.6) is 0 Å². The second-order valence-electron chi connectivity index (χ2n) is 6.66. The van der Waals surface area contributed by atoms with E-state index in [4.69, 9.17) is 4.74 Å². The summed E-state index contributed by atoms with van der Waals surface area (Å²) in [6.07, 6.45) is 0. The van der Waals surface area contributed by atoms with E-state index in [0.29, 0.717) is 0 Å². The summed E-state index contributed by atoms with van der Waals surface area (Å²) in [5.41, 5.74) is 4.28. The van der Waals surface area contributed by atoms with Crippen molar-refractivity contribution in [1.29, 1.82) is 0 Å². The van der Waals surface area contributed by atoms with Crippen molar-refractivity contribution in [3.63, 3.8) is 0 Å². The molecule has 0 bridgehead atoms. The van der Waals surface area contributed by atoms with Crippen molar-refractivity contribution < 1.29 is 9.53 Å². The number of benzene rings is 1. The lowest BCUT2D eigenvalue weighted by Gasteiger charge is -2.41. The van der Waals surface area contributed by atoms with Crippen LogP contribution in [0.15, 0.2) is 18.2 Å². The number of methoxy groups -OCH3 is 1. The van der Waals surface area contributed by atoms with Gasteiger partial charge in [0.15, 0.2) is 0 Å². The topological polar surface area (TPSA) is 43.3 Å². The van der Waals surface area contributed by atoms with Crippen molar-refractivity contribution in [1.82, 2.24) is 9.88 Å². The fourth-order valence-electron chi connectivity index (χ4n) is 3.95. The molecule has 3 atom stereocenters. The normalized spacial score (nSPS) is 27.7. The fraction of sp³-hybridized carbons (Fsp3) is 0.500. The molecule has 0 aliphatic carbocycles. The van der Waals surface area contributed by atoms with E-state index in [0.717, 1.165) is 0 Å². The molecule has 118 valence electrons. The van der Waals surface area contributed by atoms with Gasteiger partial charge in [-0.25, -0.2) is 0 Å². The fourth-order valence-corrected chi connectivity index (χ4v) is 3.95. The Bertz CT molecular complexity index is 762. The van der Waals surface area contributed by atoms with Gasteiger partial charge in [-0.1, -0.05) is 19.1 Å². The molecule has 0 fully saturated rings. The molecule has 1 aromatic heterocycles. The first-order valence-electron chi connectivity index (χ1n) is 7.76. The summed E-state index contributed by atoms with van der Waals surface area (Å²) < 4.78 is 7.31. The zero-order valence-electron chi connectivity index (χ0n) is 14.2. The minimum atomic E-state index is -0.708. The zero-order chi connectivity index (χ0) is 16.2. The second kappa shape index (κ2) is 4.85. The molecule has 4 nitrogen and oxygen atoms in total.